The van der Waals surface area contributed by atoms with Crippen LogP contribution >= 0.6 is 0 Å². The van der Waals surface area contributed by atoms with Gasteiger partial charge in [-0.05, 0) is 74.3 Å². The van der Waals surface area contributed by atoms with E-state index in [0.717, 1.165) is 19.3 Å². The lowest BCUT2D eigenvalue weighted by molar-refractivity contribution is -0.154. The minimum absolute atomic E-state index is 0.00157. The summed E-state index contributed by atoms with van der Waals surface area (Å²) in [5.41, 5.74) is 0.0477. The summed E-state index contributed by atoms with van der Waals surface area (Å²) < 4.78 is 10.6. The van der Waals surface area contributed by atoms with E-state index in [1.165, 1.54) is 26.4 Å². The van der Waals surface area contributed by atoms with Crippen molar-refractivity contribution in [2.45, 2.75) is 58.4 Å². The molecule has 0 heterocycles. The van der Waals surface area contributed by atoms with E-state index in [4.69, 9.17) is 9.47 Å². The lowest BCUT2D eigenvalue weighted by Crippen LogP contribution is -2.57. The topological polar surface area (TPSA) is 81.7 Å². The van der Waals surface area contributed by atoms with Crippen molar-refractivity contribution >= 4 is 17.7 Å². The summed E-state index contributed by atoms with van der Waals surface area (Å²) in [5, 5.41) is 3.01. The number of carbonyl (C=O) groups excluding carboxylic acids is 3. The molecular weight excluding hydrogens is 394 g/mol. The number of ether oxygens (including phenoxy) is 2. The number of para-hydroxylation sites is 1. The summed E-state index contributed by atoms with van der Waals surface area (Å²) >= 11 is 0. The molecule has 6 heteroatoms. The van der Waals surface area contributed by atoms with E-state index in [1.807, 2.05) is 13.8 Å². The number of hydrogen-bond donors (Lipinski definition) is 1. The first-order valence-corrected chi connectivity index (χ1v) is 11.4. The van der Waals surface area contributed by atoms with Gasteiger partial charge in [0.2, 0.25) is 11.7 Å². The van der Waals surface area contributed by atoms with Crippen molar-refractivity contribution in [3.63, 3.8) is 0 Å². The third-order valence-corrected chi connectivity index (χ3v) is 7.48. The third kappa shape index (κ3) is 4.35. The smallest absolute Gasteiger partial charge is 0.329 e. The number of rotatable bonds is 8. The summed E-state index contributed by atoms with van der Waals surface area (Å²) in [6.07, 6.45) is 6.60. The Labute approximate surface area is 184 Å². The van der Waals surface area contributed by atoms with Gasteiger partial charge in [0.1, 0.15) is 11.8 Å². The van der Waals surface area contributed by atoms with Gasteiger partial charge in [-0.2, -0.15) is 0 Å². The fourth-order valence-corrected chi connectivity index (χ4v) is 6.36. The van der Waals surface area contributed by atoms with E-state index >= 15 is 0 Å². The molecule has 168 valence electrons. The molecule has 1 N–H and O–H groups in total. The Morgan fingerprint density at radius 3 is 2.16 bits per heavy atom. The van der Waals surface area contributed by atoms with Crippen LogP contribution in [0.2, 0.25) is 0 Å². The van der Waals surface area contributed by atoms with Crippen molar-refractivity contribution in [2.24, 2.45) is 29.1 Å². The summed E-state index contributed by atoms with van der Waals surface area (Å²) in [6.45, 7) is 3.39. The molecule has 0 saturated heterocycles. The Balaban J connectivity index is 1.39. The molecule has 1 amide bonds. The zero-order valence-electron chi connectivity index (χ0n) is 18.7. The van der Waals surface area contributed by atoms with E-state index in [9.17, 15) is 14.4 Å². The number of amides is 1. The highest BCUT2D eigenvalue weighted by Gasteiger charge is 2.55. The Morgan fingerprint density at radius 2 is 1.61 bits per heavy atom. The van der Waals surface area contributed by atoms with Crippen molar-refractivity contribution in [1.29, 1.82) is 0 Å². The van der Waals surface area contributed by atoms with Crippen LogP contribution in [-0.4, -0.2) is 37.4 Å². The fraction of sp³-hybridized carbons (Fsp3) is 0.640. The van der Waals surface area contributed by atoms with Crippen LogP contribution in [0.1, 0.15) is 62.7 Å². The number of hydrogen-bond acceptors (Lipinski definition) is 5. The quantitative estimate of drug-likeness (QED) is 0.504. The van der Waals surface area contributed by atoms with Gasteiger partial charge in [-0.15, -0.1) is 0 Å². The number of esters is 1. The van der Waals surface area contributed by atoms with Gasteiger partial charge in [0.25, 0.3) is 0 Å². The van der Waals surface area contributed by atoms with Crippen LogP contribution in [0.5, 0.6) is 5.75 Å². The summed E-state index contributed by atoms with van der Waals surface area (Å²) in [6, 6.07) is 6.09. The highest BCUT2D eigenvalue weighted by molar-refractivity contribution is 6.00. The minimum atomic E-state index is -0.758. The maximum atomic E-state index is 13.4. The number of ketones is 1. The molecule has 5 rings (SSSR count). The Bertz CT molecular complexity index is 826. The predicted molar refractivity (Wildman–Crippen MR) is 116 cm³/mol. The molecule has 0 aliphatic heterocycles. The van der Waals surface area contributed by atoms with Gasteiger partial charge in [-0.25, -0.2) is 4.79 Å². The number of nitrogens with one attached hydrogen (secondary N) is 1. The largest absolute Gasteiger partial charge is 0.496 e. The Hall–Kier alpha value is -2.37. The van der Waals surface area contributed by atoms with Crippen molar-refractivity contribution < 1.29 is 23.9 Å². The van der Waals surface area contributed by atoms with Gasteiger partial charge in [-0.1, -0.05) is 26.0 Å². The molecule has 0 radical (unpaired) electrons. The standard InChI is InChI=1S/C25H33NO5/c1-15(2)22(23(28)31-14-20(27)19-6-4-5-7-21(19)30-3)26-24(29)25-11-16-8-17(12-25)10-18(9-16)13-25/h4-7,15-18,22H,8-14H2,1-3H3,(H,26,29)/t16?,17?,18?,22-,25?/m0/s1. The highest BCUT2D eigenvalue weighted by Crippen LogP contribution is 2.60. The molecule has 4 fully saturated rings. The molecule has 4 aliphatic carbocycles. The predicted octanol–water partition coefficient (Wildman–Crippen LogP) is 3.78. The molecule has 6 nitrogen and oxygen atoms in total. The van der Waals surface area contributed by atoms with E-state index in [-0.39, 0.29) is 29.6 Å². The summed E-state index contributed by atoms with van der Waals surface area (Å²) in [4.78, 5) is 38.7. The maximum Gasteiger partial charge on any atom is 0.329 e. The summed E-state index contributed by atoms with van der Waals surface area (Å²) in [7, 11) is 1.49. The van der Waals surface area contributed by atoms with Crippen molar-refractivity contribution in [2.75, 3.05) is 13.7 Å². The number of methoxy groups -OCH3 is 1. The van der Waals surface area contributed by atoms with Crippen molar-refractivity contribution in [3.8, 4) is 5.75 Å². The fourth-order valence-electron chi connectivity index (χ4n) is 6.36. The number of carbonyl (C=O) groups is 3. The van der Waals surface area contributed by atoms with Gasteiger partial charge < -0.3 is 14.8 Å². The van der Waals surface area contributed by atoms with Crippen LogP contribution < -0.4 is 10.1 Å². The van der Waals surface area contributed by atoms with Gasteiger partial charge in [0.15, 0.2) is 6.61 Å². The second-order valence-electron chi connectivity index (χ2n) is 10.1. The molecule has 0 spiro atoms. The lowest BCUT2D eigenvalue weighted by Gasteiger charge is -2.55. The second kappa shape index (κ2) is 8.64. The normalized spacial score (nSPS) is 29.5. The monoisotopic (exact) mass is 427 g/mol. The van der Waals surface area contributed by atoms with Gasteiger partial charge in [0.05, 0.1) is 12.7 Å². The average Bonchev–Trinajstić information content (AvgIpc) is 2.74. The van der Waals surface area contributed by atoms with Crippen LogP contribution in [0.4, 0.5) is 0 Å². The Kier molecular flexibility index (Phi) is 6.09. The number of Topliss-reactive ketones (excluding diaryl/α,β-unsaturated/α-hetero) is 1. The molecule has 1 aromatic carbocycles. The van der Waals surface area contributed by atoms with Crippen LogP contribution in [0.15, 0.2) is 24.3 Å². The molecule has 31 heavy (non-hydrogen) atoms. The van der Waals surface area contributed by atoms with E-state index < -0.39 is 12.0 Å². The van der Waals surface area contributed by atoms with E-state index in [1.54, 1.807) is 24.3 Å². The van der Waals surface area contributed by atoms with E-state index in [0.29, 0.717) is 29.1 Å². The molecule has 4 bridgehead atoms. The summed E-state index contributed by atoms with van der Waals surface area (Å²) in [5.74, 6) is 1.38. The highest BCUT2D eigenvalue weighted by atomic mass is 16.5. The first-order chi connectivity index (χ1) is 14.8. The SMILES string of the molecule is COc1ccccc1C(=O)COC(=O)[C@@H](NC(=O)C12CC3CC(CC(C3)C1)C2)C(C)C. The third-order valence-electron chi connectivity index (χ3n) is 7.48. The van der Waals surface area contributed by atoms with Crippen LogP contribution in [0, 0.1) is 29.1 Å². The van der Waals surface area contributed by atoms with Crippen LogP contribution in [0.3, 0.4) is 0 Å². The zero-order chi connectivity index (χ0) is 22.2. The number of benzene rings is 1. The van der Waals surface area contributed by atoms with Crippen LogP contribution in [0.25, 0.3) is 0 Å². The van der Waals surface area contributed by atoms with Gasteiger partial charge in [0, 0.05) is 5.41 Å². The molecule has 0 aromatic heterocycles. The van der Waals surface area contributed by atoms with Gasteiger partial charge in [-0.3, -0.25) is 9.59 Å². The second-order valence-corrected chi connectivity index (χ2v) is 10.1. The van der Waals surface area contributed by atoms with Gasteiger partial charge >= 0.3 is 5.97 Å². The van der Waals surface area contributed by atoms with Crippen molar-refractivity contribution in [1.82, 2.24) is 5.32 Å². The first-order valence-electron chi connectivity index (χ1n) is 11.4. The molecule has 1 atom stereocenters. The lowest BCUT2D eigenvalue weighted by atomic mass is 9.49. The van der Waals surface area contributed by atoms with Crippen LogP contribution in [-0.2, 0) is 14.3 Å². The average molecular weight is 428 g/mol. The molecule has 1 aromatic rings. The molecule has 4 aliphatic rings. The first kappa shape index (κ1) is 21.8. The molecule has 4 saturated carbocycles. The van der Waals surface area contributed by atoms with Crippen molar-refractivity contribution in [3.05, 3.63) is 29.8 Å². The zero-order valence-corrected chi connectivity index (χ0v) is 18.7. The Morgan fingerprint density at radius 1 is 1.03 bits per heavy atom. The van der Waals surface area contributed by atoms with E-state index in [2.05, 4.69) is 5.32 Å². The molecular formula is C25H33NO5. The minimum Gasteiger partial charge on any atom is -0.496 e. The maximum absolute atomic E-state index is 13.4. The molecule has 0 unspecified atom stereocenters.